The Bertz CT molecular complexity index is 813. The van der Waals surface area contributed by atoms with Gasteiger partial charge in [0.2, 0.25) is 0 Å². The summed E-state index contributed by atoms with van der Waals surface area (Å²) in [7, 11) is 0. The molecule has 7 nitrogen and oxygen atoms in total. The number of hydrogen-bond donors (Lipinski definition) is 3. The minimum Gasteiger partial charge on any atom is -0.376 e. The summed E-state index contributed by atoms with van der Waals surface area (Å²) in [6.07, 6.45) is 8.25. The van der Waals surface area contributed by atoms with Gasteiger partial charge in [-0.1, -0.05) is 25.8 Å². The molecular formula is C22H28N4O3. The van der Waals surface area contributed by atoms with Gasteiger partial charge in [0, 0.05) is 35.9 Å². The third-order valence-corrected chi connectivity index (χ3v) is 5.07. The zero-order valence-corrected chi connectivity index (χ0v) is 16.7. The van der Waals surface area contributed by atoms with Gasteiger partial charge in [-0.3, -0.25) is 9.78 Å². The molecule has 0 unspecified atom stereocenters. The molecular weight excluding hydrogens is 368 g/mol. The van der Waals surface area contributed by atoms with Crippen molar-refractivity contribution in [1.82, 2.24) is 10.3 Å². The van der Waals surface area contributed by atoms with Crippen LogP contribution in [0.25, 0.3) is 0 Å². The van der Waals surface area contributed by atoms with E-state index in [4.69, 9.17) is 4.74 Å². The summed E-state index contributed by atoms with van der Waals surface area (Å²) in [6, 6.07) is 9.98. The van der Waals surface area contributed by atoms with Gasteiger partial charge < -0.3 is 20.7 Å². The highest BCUT2D eigenvalue weighted by Crippen LogP contribution is 2.26. The molecule has 0 bridgehead atoms. The summed E-state index contributed by atoms with van der Waals surface area (Å²) in [5.74, 6) is 0.353. The standard InChI is InChI=1S/C22H28N4O3/c1-16-5-2-3-8-20(16)29-14-13-24-22(28)26-19-7-4-6-18(15-19)25-21(27)17-9-11-23-12-10-17/h4,6-7,9-12,15-16,20H,2-3,5,8,13-14H2,1H3,(H,25,27)(H2,24,26,28)/t16-,20-/m0/s1. The second-order valence-electron chi connectivity index (χ2n) is 7.32. The van der Waals surface area contributed by atoms with Crippen molar-refractivity contribution >= 4 is 23.3 Å². The van der Waals surface area contributed by atoms with E-state index in [1.165, 1.54) is 19.3 Å². The fourth-order valence-electron chi connectivity index (χ4n) is 3.46. The van der Waals surface area contributed by atoms with Gasteiger partial charge in [0.15, 0.2) is 0 Å². The Kier molecular flexibility index (Phi) is 7.58. The van der Waals surface area contributed by atoms with Crippen molar-refractivity contribution in [2.24, 2.45) is 5.92 Å². The number of rotatable bonds is 7. The molecule has 0 saturated heterocycles. The molecule has 3 rings (SSSR count). The van der Waals surface area contributed by atoms with Crippen LogP contribution >= 0.6 is 0 Å². The van der Waals surface area contributed by atoms with Gasteiger partial charge in [-0.2, -0.15) is 0 Å². The molecule has 1 aromatic heterocycles. The number of amides is 3. The lowest BCUT2D eigenvalue weighted by Crippen LogP contribution is -2.34. The van der Waals surface area contributed by atoms with Crippen LogP contribution in [0.5, 0.6) is 0 Å². The Morgan fingerprint density at radius 1 is 1.07 bits per heavy atom. The molecule has 1 heterocycles. The van der Waals surface area contributed by atoms with Crippen molar-refractivity contribution in [2.75, 3.05) is 23.8 Å². The lowest BCUT2D eigenvalue weighted by Gasteiger charge is -2.28. The first-order valence-electron chi connectivity index (χ1n) is 10.1. The molecule has 0 radical (unpaired) electrons. The largest absolute Gasteiger partial charge is 0.376 e. The van der Waals surface area contributed by atoms with Gasteiger partial charge in [0.05, 0.1) is 12.7 Å². The van der Waals surface area contributed by atoms with Gasteiger partial charge in [-0.25, -0.2) is 4.79 Å². The summed E-state index contributed by atoms with van der Waals surface area (Å²) in [5, 5.41) is 8.38. The molecule has 1 aliphatic carbocycles. The quantitative estimate of drug-likeness (QED) is 0.616. The van der Waals surface area contributed by atoms with Crippen molar-refractivity contribution in [3.05, 3.63) is 54.4 Å². The molecule has 1 aromatic carbocycles. The average Bonchev–Trinajstić information content (AvgIpc) is 2.73. The molecule has 7 heteroatoms. The molecule has 3 amide bonds. The predicted molar refractivity (Wildman–Crippen MR) is 113 cm³/mol. The number of aromatic nitrogens is 1. The van der Waals surface area contributed by atoms with E-state index in [9.17, 15) is 9.59 Å². The normalized spacial score (nSPS) is 18.7. The van der Waals surface area contributed by atoms with Gasteiger partial charge in [-0.15, -0.1) is 0 Å². The first-order chi connectivity index (χ1) is 14.1. The lowest BCUT2D eigenvalue weighted by molar-refractivity contribution is -0.00232. The average molecular weight is 396 g/mol. The van der Waals surface area contributed by atoms with E-state index in [0.717, 1.165) is 6.42 Å². The van der Waals surface area contributed by atoms with Crippen LogP contribution in [-0.2, 0) is 4.74 Å². The monoisotopic (exact) mass is 396 g/mol. The number of carbonyl (C=O) groups is 2. The van der Waals surface area contributed by atoms with Crippen molar-refractivity contribution < 1.29 is 14.3 Å². The van der Waals surface area contributed by atoms with Crippen molar-refractivity contribution in [3.8, 4) is 0 Å². The Balaban J connectivity index is 1.42. The topological polar surface area (TPSA) is 92.4 Å². The SMILES string of the molecule is C[C@H]1CCCC[C@@H]1OCCNC(=O)Nc1cccc(NC(=O)c2ccncc2)c1. The Morgan fingerprint density at radius 2 is 1.79 bits per heavy atom. The van der Waals surface area contributed by atoms with Crippen molar-refractivity contribution in [1.29, 1.82) is 0 Å². The second-order valence-corrected chi connectivity index (χ2v) is 7.32. The number of pyridine rings is 1. The van der Waals surface area contributed by atoms with Crippen molar-refractivity contribution in [2.45, 2.75) is 38.7 Å². The van der Waals surface area contributed by atoms with Gasteiger partial charge in [0.1, 0.15) is 0 Å². The fourth-order valence-corrected chi connectivity index (χ4v) is 3.46. The maximum atomic E-state index is 12.2. The molecule has 1 fully saturated rings. The van der Waals surface area contributed by atoms with E-state index in [0.29, 0.717) is 42.1 Å². The van der Waals surface area contributed by atoms with Crippen LogP contribution in [0.2, 0.25) is 0 Å². The van der Waals surface area contributed by atoms with E-state index >= 15 is 0 Å². The van der Waals surface area contributed by atoms with Crippen molar-refractivity contribution in [3.63, 3.8) is 0 Å². The number of nitrogens with one attached hydrogen (secondary N) is 3. The summed E-state index contributed by atoms with van der Waals surface area (Å²) >= 11 is 0. The second kappa shape index (κ2) is 10.6. The van der Waals surface area contributed by atoms with Crippen LogP contribution in [-0.4, -0.2) is 36.2 Å². The van der Waals surface area contributed by atoms with E-state index in [1.807, 2.05) is 0 Å². The number of ether oxygens (including phenoxy) is 1. The Labute approximate surface area is 171 Å². The first-order valence-corrected chi connectivity index (χ1v) is 10.1. The molecule has 1 aliphatic rings. The minimum atomic E-state index is -0.303. The van der Waals surface area contributed by atoms with Crippen LogP contribution < -0.4 is 16.0 Å². The Hall–Kier alpha value is -2.93. The molecule has 154 valence electrons. The highest BCUT2D eigenvalue weighted by molar-refractivity contribution is 6.04. The van der Waals surface area contributed by atoms with Crippen LogP contribution in [0.4, 0.5) is 16.2 Å². The molecule has 0 aliphatic heterocycles. The zero-order chi connectivity index (χ0) is 20.5. The summed E-state index contributed by atoms with van der Waals surface area (Å²) in [6.45, 7) is 3.18. The third kappa shape index (κ3) is 6.57. The van der Waals surface area contributed by atoms with E-state index in [1.54, 1.807) is 48.8 Å². The Morgan fingerprint density at radius 3 is 2.55 bits per heavy atom. The zero-order valence-electron chi connectivity index (χ0n) is 16.7. The summed E-state index contributed by atoms with van der Waals surface area (Å²) in [4.78, 5) is 28.2. The molecule has 0 spiro atoms. The smallest absolute Gasteiger partial charge is 0.319 e. The van der Waals surface area contributed by atoms with E-state index < -0.39 is 0 Å². The number of hydrogen-bond acceptors (Lipinski definition) is 4. The predicted octanol–water partition coefficient (Wildman–Crippen LogP) is 4.05. The van der Waals surface area contributed by atoms with Gasteiger partial charge in [-0.05, 0) is 49.1 Å². The number of urea groups is 1. The van der Waals surface area contributed by atoms with Crippen LogP contribution in [0.15, 0.2) is 48.8 Å². The van der Waals surface area contributed by atoms with E-state index in [2.05, 4.69) is 27.9 Å². The van der Waals surface area contributed by atoms with Gasteiger partial charge >= 0.3 is 6.03 Å². The molecule has 2 aromatic rings. The lowest BCUT2D eigenvalue weighted by atomic mass is 9.88. The number of benzene rings is 1. The maximum Gasteiger partial charge on any atom is 0.319 e. The third-order valence-electron chi connectivity index (χ3n) is 5.07. The summed E-state index contributed by atoms with van der Waals surface area (Å²) < 4.78 is 5.91. The molecule has 29 heavy (non-hydrogen) atoms. The number of anilines is 2. The molecule has 1 saturated carbocycles. The number of nitrogens with zero attached hydrogens (tertiary/aromatic N) is 1. The highest BCUT2D eigenvalue weighted by Gasteiger charge is 2.21. The number of carbonyl (C=O) groups excluding carboxylic acids is 2. The van der Waals surface area contributed by atoms with E-state index in [-0.39, 0.29) is 11.9 Å². The van der Waals surface area contributed by atoms with Crippen LogP contribution in [0.3, 0.4) is 0 Å². The summed E-state index contributed by atoms with van der Waals surface area (Å²) in [5.41, 5.74) is 1.71. The van der Waals surface area contributed by atoms with Crippen LogP contribution in [0, 0.1) is 5.92 Å². The molecule has 3 N–H and O–H groups in total. The highest BCUT2D eigenvalue weighted by atomic mass is 16.5. The maximum absolute atomic E-state index is 12.2. The molecule has 2 atom stereocenters. The minimum absolute atomic E-state index is 0.233. The first kappa shape index (κ1) is 20.8. The van der Waals surface area contributed by atoms with Crippen LogP contribution in [0.1, 0.15) is 43.0 Å². The van der Waals surface area contributed by atoms with Gasteiger partial charge in [0.25, 0.3) is 5.91 Å². The fraction of sp³-hybridized carbons (Fsp3) is 0.409.